The zero-order chi connectivity index (χ0) is 14.8. The predicted molar refractivity (Wildman–Crippen MR) is 85.2 cm³/mol. The Morgan fingerprint density at radius 3 is 2.38 bits per heavy atom. The number of hydrogen-bond donors (Lipinski definition) is 2. The summed E-state index contributed by atoms with van der Waals surface area (Å²) in [6.07, 6.45) is 3.94. The lowest BCUT2D eigenvalue weighted by molar-refractivity contribution is 0.475. The van der Waals surface area contributed by atoms with E-state index in [2.05, 4.69) is 4.98 Å². The number of rotatable bonds is 2. The second kappa shape index (κ2) is 5.29. The smallest absolute Gasteiger partial charge is 0.141 e. The molecule has 3 heteroatoms. The molecule has 3 rings (SSSR count). The number of aromatic hydroxyl groups is 2. The maximum atomic E-state index is 9.92. The molecule has 2 N–H and O–H groups in total. The standard InChI is InChI=1S/C18H15NO2/c1-12-2-10-16-14(7-11-17(21)18(16)19-12)6-3-13-4-8-15(20)9-5-13/h2-11,20-21H,1H3. The fourth-order valence-corrected chi connectivity index (χ4v) is 2.24. The van der Waals surface area contributed by atoms with E-state index < -0.39 is 0 Å². The monoisotopic (exact) mass is 277 g/mol. The van der Waals surface area contributed by atoms with Gasteiger partial charge in [-0.2, -0.15) is 0 Å². The Hall–Kier alpha value is -2.81. The minimum Gasteiger partial charge on any atom is -0.508 e. The average molecular weight is 277 g/mol. The highest BCUT2D eigenvalue weighted by atomic mass is 16.3. The zero-order valence-corrected chi connectivity index (χ0v) is 11.6. The van der Waals surface area contributed by atoms with Crippen LogP contribution < -0.4 is 0 Å². The van der Waals surface area contributed by atoms with Crippen molar-refractivity contribution in [1.82, 2.24) is 4.98 Å². The second-order valence-corrected chi connectivity index (χ2v) is 4.95. The van der Waals surface area contributed by atoms with Crippen LogP contribution in [0.2, 0.25) is 0 Å². The minimum atomic E-state index is 0.190. The van der Waals surface area contributed by atoms with Crippen molar-refractivity contribution in [3.05, 3.63) is 65.4 Å². The molecular weight excluding hydrogens is 262 g/mol. The predicted octanol–water partition coefficient (Wildman–Crippen LogP) is 4.12. The van der Waals surface area contributed by atoms with Crippen LogP contribution in [-0.2, 0) is 0 Å². The molecule has 3 aromatic rings. The zero-order valence-electron chi connectivity index (χ0n) is 11.6. The third-order valence-electron chi connectivity index (χ3n) is 3.36. The number of pyridine rings is 1. The lowest BCUT2D eigenvalue weighted by Crippen LogP contribution is -1.86. The average Bonchev–Trinajstić information content (AvgIpc) is 2.49. The first-order valence-electron chi connectivity index (χ1n) is 6.70. The Balaban J connectivity index is 2.05. The number of benzene rings is 2. The first kappa shape index (κ1) is 13.2. The molecule has 1 heterocycles. The van der Waals surface area contributed by atoms with Gasteiger partial charge in [-0.05, 0) is 42.3 Å². The van der Waals surface area contributed by atoms with E-state index in [9.17, 15) is 10.2 Å². The van der Waals surface area contributed by atoms with Crippen LogP contribution in [0.1, 0.15) is 16.8 Å². The van der Waals surface area contributed by atoms with E-state index in [1.807, 2.05) is 49.4 Å². The van der Waals surface area contributed by atoms with Crippen molar-refractivity contribution in [2.75, 3.05) is 0 Å². The minimum absolute atomic E-state index is 0.190. The normalized spacial score (nSPS) is 11.3. The van der Waals surface area contributed by atoms with Crippen LogP contribution >= 0.6 is 0 Å². The summed E-state index contributed by atoms with van der Waals surface area (Å²) < 4.78 is 0. The summed E-state index contributed by atoms with van der Waals surface area (Å²) in [5, 5.41) is 20.1. The number of hydrogen-bond acceptors (Lipinski definition) is 3. The third kappa shape index (κ3) is 2.72. The first-order valence-corrected chi connectivity index (χ1v) is 6.70. The highest BCUT2D eigenvalue weighted by Gasteiger charge is 2.05. The maximum absolute atomic E-state index is 9.92. The Bertz CT molecular complexity index is 820. The third-order valence-corrected chi connectivity index (χ3v) is 3.36. The molecule has 0 aliphatic heterocycles. The number of aryl methyl sites for hydroxylation is 1. The van der Waals surface area contributed by atoms with Gasteiger partial charge in [0.2, 0.25) is 0 Å². The van der Waals surface area contributed by atoms with Crippen LogP contribution in [0, 0.1) is 6.92 Å². The van der Waals surface area contributed by atoms with E-state index in [-0.39, 0.29) is 11.5 Å². The quantitative estimate of drug-likeness (QED) is 0.693. The molecule has 2 aromatic carbocycles. The number of phenolic OH excluding ortho intramolecular Hbond substituents is 2. The van der Waals surface area contributed by atoms with Gasteiger partial charge in [-0.3, -0.25) is 0 Å². The topological polar surface area (TPSA) is 53.4 Å². The molecule has 0 aliphatic carbocycles. The van der Waals surface area contributed by atoms with E-state index in [0.29, 0.717) is 5.52 Å². The van der Waals surface area contributed by atoms with Gasteiger partial charge in [-0.25, -0.2) is 4.98 Å². The molecule has 0 atom stereocenters. The molecule has 1 aromatic heterocycles. The fourth-order valence-electron chi connectivity index (χ4n) is 2.24. The molecule has 0 unspecified atom stereocenters. The Morgan fingerprint density at radius 1 is 0.857 bits per heavy atom. The van der Waals surface area contributed by atoms with Gasteiger partial charge < -0.3 is 10.2 Å². The van der Waals surface area contributed by atoms with Crippen molar-refractivity contribution in [3.63, 3.8) is 0 Å². The van der Waals surface area contributed by atoms with Gasteiger partial charge >= 0.3 is 0 Å². The van der Waals surface area contributed by atoms with E-state index in [1.54, 1.807) is 18.2 Å². The lowest BCUT2D eigenvalue weighted by Gasteiger charge is -2.05. The molecule has 3 nitrogen and oxygen atoms in total. The Labute approximate surface area is 122 Å². The molecule has 0 aliphatic rings. The van der Waals surface area contributed by atoms with E-state index >= 15 is 0 Å². The van der Waals surface area contributed by atoms with Crippen LogP contribution in [0.3, 0.4) is 0 Å². The molecule has 104 valence electrons. The van der Waals surface area contributed by atoms with Crippen molar-refractivity contribution < 1.29 is 10.2 Å². The van der Waals surface area contributed by atoms with Gasteiger partial charge in [0.05, 0.1) is 0 Å². The van der Waals surface area contributed by atoms with Crippen molar-refractivity contribution in [3.8, 4) is 11.5 Å². The summed E-state index contributed by atoms with van der Waals surface area (Å²) in [5.74, 6) is 0.442. The maximum Gasteiger partial charge on any atom is 0.141 e. The number of phenols is 2. The van der Waals surface area contributed by atoms with Crippen molar-refractivity contribution in [2.45, 2.75) is 6.92 Å². The number of fused-ring (bicyclic) bond motifs is 1. The number of aromatic nitrogens is 1. The van der Waals surface area contributed by atoms with E-state index in [0.717, 1.165) is 22.2 Å². The molecular formula is C18H15NO2. The van der Waals surface area contributed by atoms with Crippen LogP contribution in [0.15, 0.2) is 48.5 Å². The fraction of sp³-hybridized carbons (Fsp3) is 0.0556. The van der Waals surface area contributed by atoms with Crippen LogP contribution in [0.4, 0.5) is 0 Å². The largest absolute Gasteiger partial charge is 0.508 e. The highest BCUT2D eigenvalue weighted by Crippen LogP contribution is 2.27. The molecule has 21 heavy (non-hydrogen) atoms. The van der Waals surface area contributed by atoms with Gasteiger partial charge in [0, 0.05) is 11.1 Å². The summed E-state index contributed by atoms with van der Waals surface area (Å²) in [6, 6.07) is 14.4. The van der Waals surface area contributed by atoms with Crippen molar-refractivity contribution in [1.29, 1.82) is 0 Å². The Kier molecular flexibility index (Phi) is 3.32. The number of nitrogens with zero attached hydrogens (tertiary/aromatic N) is 1. The van der Waals surface area contributed by atoms with E-state index in [4.69, 9.17) is 0 Å². The van der Waals surface area contributed by atoms with Gasteiger partial charge in [0.15, 0.2) is 0 Å². The van der Waals surface area contributed by atoms with Crippen molar-refractivity contribution >= 4 is 23.1 Å². The molecule has 0 bridgehead atoms. The summed E-state index contributed by atoms with van der Waals surface area (Å²) in [6.45, 7) is 1.90. The molecule has 0 amide bonds. The molecule has 0 fully saturated rings. The summed E-state index contributed by atoms with van der Waals surface area (Å²) >= 11 is 0. The summed E-state index contributed by atoms with van der Waals surface area (Å²) in [4.78, 5) is 4.39. The highest BCUT2D eigenvalue weighted by molar-refractivity contribution is 5.94. The van der Waals surface area contributed by atoms with Gasteiger partial charge in [0.25, 0.3) is 0 Å². The van der Waals surface area contributed by atoms with E-state index in [1.165, 1.54) is 0 Å². The van der Waals surface area contributed by atoms with Crippen molar-refractivity contribution in [2.24, 2.45) is 0 Å². The molecule has 0 radical (unpaired) electrons. The van der Waals surface area contributed by atoms with Gasteiger partial charge in [-0.15, -0.1) is 0 Å². The summed E-state index contributed by atoms with van der Waals surface area (Å²) in [7, 11) is 0. The van der Waals surface area contributed by atoms with Crippen LogP contribution in [0.5, 0.6) is 11.5 Å². The molecule has 0 saturated heterocycles. The molecule has 0 spiro atoms. The van der Waals surface area contributed by atoms with Gasteiger partial charge in [0.1, 0.15) is 17.0 Å². The first-order chi connectivity index (χ1) is 10.1. The Morgan fingerprint density at radius 2 is 1.62 bits per heavy atom. The SMILES string of the molecule is Cc1ccc2c(C=Cc3ccc(O)cc3)ccc(O)c2n1. The lowest BCUT2D eigenvalue weighted by atomic mass is 10.1. The molecule has 0 saturated carbocycles. The van der Waals surface area contributed by atoms with Crippen LogP contribution in [-0.4, -0.2) is 15.2 Å². The van der Waals surface area contributed by atoms with Crippen LogP contribution in [0.25, 0.3) is 23.1 Å². The summed E-state index contributed by atoms with van der Waals surface area (Å²) in [5.41, 5.74) is 3.47. The van der Waals surface area contributed by atoms with Gasteiger partial charge in [-0.1, -0.05) is 36.4 Å². The second-order valence-electron chi connectivity index (χ2n) is 4.95.